The first kappa shape index (κ1) is 30.2. The van der Waals surface area contributed by atoms with Gasteiger partial charge < -0.3 is 20.2 Å². The molecule has 1 heterocycles. The van der Waals surface area contributed by atoms with Gasteiger partial charge in [0.25, 0.3) is 12.9 Å². The number of rotatable bonds is 8. The Hall–Kier alpha value is -2.85. The van der Waals surface area contributed by atoms with Crippen LogP contribution >= 0.6 is 0 Å². The number of hydrogen-bond acceptors (Lipinski definition) is 6. The monoisotopic (exact) mass is 491 g/mol. The van der Waals surface area contributed by atoms with Crippen molar-refractivity contribution in [1.82, 2.24) is 14.7 Å². The molecule has 9 heteroatoms. The van der Waals surface area contributed by atoms with E-state index in [0.29, 0.717) is 13.1 Å². The molecule has 1 fully saturated rings. The second-order valence-electron chi connectivity index (χ2n) is 8.56. The van der Waals surface area contributed by atoms with Crippen molar-refractivity contribution in [2.24, 2.45) is 0 Å². The topological polar surface area (TPSA) is 105 Å². The molecule has 0 saturated carbocycles. The number of carboxylic acid groups (broad SMARTS) is 2. The lowest BCUT2D eigenvalue weighted by molar-refractivity contribution is -0.123. The lowest BCUT2D eigenvalue weighted by atomic mass is 9.97. The van der Waals surface area contributed by atoms with Gasteiger partial charge in [-0.3, -0.25) is 19.4 Å². The zero-order valence-corrected chi connectivity index (χ0v) is 20.9. The number of nitrogens with zero attached hydrogens (tertiary/aromatic N) is 3. The Labute approximate surface area is 207 Å². The van der Waals surface area contributed by atoms with Crippen molar-refractivity contribution < 1.29 is 29.3 Å². The van der Waals surface area contributed by atoms with Gasteiger partial charge in [-0.2, -0.15) is 0 Å². The summed E-state index contributed by atoms with van der Waals surface area (Å²) < 4.78 is 13.2. The lowest BCUT2D eigenvalue weighted by Gasteiger charge is -2.33. The summed E-state index contributed by atoms with van der Waals surface area (Å²) in [6.07, 6.45) is 0. The maximum absolute atomic E-state index is 13.2. The zero-order valence-electron chi connectivity index (χ0n) is 20.9. The van der Waals surface area contributed by atoms with Gasteiger partial charge in [0.05, 0.1) is 6.61 Å². The Kier molecular flexibility index (Phi) is 14.4. The number of halogens is 1. The highest BCUT2D eigenvalue weighted by Gasteiger charge is 2.17. The van der Waals surface area contributed by atoms with Crippen molar-refractivity contribution in [3.8, 4) is 0 Å². The van der Waals surface area contributed by atoms with E-state index in [1.54, 1.807) is 0 Å². The van der Waals surface area contributed by atoms with E-state index >= 15 is 0 Å². The molecule has 0 bridgehead atoms. The smallest absolute Gasteiger partial charge is 0.290 e. The summed E-state index contributed by atoms with van der Waals surface area (Å²) in [6.45, 7) is 11.5. The average molecular weight is 492 g/mol. The molecular formula is C26H38FN3O5. The minimum Gasteiger partial charge on any atom is -0.483 e. The predicted molar refractivity (Wildman–Crippen MR) is 134 cm³/mol. The molecule has 1 aliphatic heterocycles. The largest absolute Gasteiger partial charge is 0.483 e. The van der Waals surface area contributed by atoms with E-state index < -0.39 is 0 Å². The minimum absolute atomic E-state index is 0.111. The average Bonchev–Trinajstić information content (AvgIpc) is 2.81. The van der Waals surface area contributed by atoms with Gasteiger partial charge in [-0.15, -0.1) is 0 Å². The van der Waals surface area contributed by atoms with E-state index in [1.165, 1.54) is 34.4 Å². The number of piperazine rings is 1. The molecule has 1 saturated heterocycles. The highest BCUT2D eigenvalue weighted by molar-refractivity contribution is 5.38. The van der Waals surface area contributed by atoms with Crippen LogP contribution in [0.15, 0.2) is 36.4 Å². The third kappa shape index (κ3) is 11.4. The van der Waals surface area contributed by atoms with E-state index in [4.69, 9.17) is 19.8 Å². The summed E-state index contributed by atoms with van der Waals surface area (Å²) in [7, 11) is 2.18. The Morgan fingerprint density at radius 1 is 0.943 bits per heavy atom. The molecule has 0 atom stereocenters. The van der Waals surface area contributed by atoms with Crippen LogP contribution in [0, 0.1) is 19.7 Å². The molecule has 1 aliphatic rings. The molecule has 194 valence electrons. The number of benzene rings is 2. The first-order valence-corrected chi connectivity index (χ1v) is 11.5. The quantitative estimate of drug-likeness (QED) is 0.484. The molecule has 2 aromatic rings. The molecule has 3 rings (SSSR count). The number of carbonyl (C=O) groups is 2. The highest BCUT2D eigenvalue weighted by atomic mass is 19.1. The van der Waals surface area contributed by atoms with E-state index in [-0.39, 0.29) is 25.4 Å². The van der Waals surface area contributed by atoms with Gasteiger partial charge in [-0.25, -0.2) is 4.39 Å². The fraction of sp³-hybridized carbons (Fsp3) is 0.462. The summed E-state index contributed by atoms with van der Waals surface area (Å²) in [5, 5.41) is 23.3. The molecule has 0 spiro atoms. The Morgan fingerprint density at radius 3 is 2.03 bits per heavy atom. The van der Waals surface area contributed by atoms with Gasteiger partial charge in [0, 0.05) is 52.4 Å². The van der Waals surface area contributed by atoms with Gasteiger partial charge in [0.1, 0.15) is 5.82 Å². The van der Waals surface area contributed by atoms with Crippen LogP contribution in [0.25, 0.3) is 0 Å². The molecule has 0 unspecified atom stereocenters. The summed E-state index contributed by atoms with van der Waals surface area (Å²) >= 11 is 0. The van der Waals surface area contributed by atoms with Gasteiger partial charge in [-0.1, -0.05) is 29.8 Å². The molecular weight excluding hydrogens is 453 g/mol. The highest BCUT2D eigenvalue weighted by Crippen LogP contribution is 2.22. The van der Waals surface area contributed by atoms with Crippen molar-refractivity contribution in [3.63, 3.8) is 0 Å². The summed E-state index contributed by atoms with van der Waals surface area (Å²) in [5.41, 5.74) is 6.39. The van der Waals surface area contributed by atoms with Gasteiger partial charge in [0.2, 0.25) is 0 Å². The number of aliphatic hydroxyl groups excluding tert-OH is 1. The van der Waals surface area contributed by atoms with Gasteiger partial charge >= 0.3 is 0 Å². The number of aryl methyl sites for hydroxylation is 1. The Balaban J connectivity index is 0.000000926. The molecule has 0 amide bonds. The summed E-state index contributed by atoms with van der Waals surface area (Å²) in [5.74, 6) is -0.217. The second-order valence-corrected chi connectivity index (χ2v) is 8.56. The molecule has 35 heavy (non-hydrogen) atoms. The van der Waals surface area contributed by atoms with Crippen molar-refractivity contribution in [2.75, 3.05) is 46.4 Å². The SMILES string of the molecule is Cc1cc(CN2CCN(C)CC2)c(C)c(CN(CCO)Cc2ccc(F)cc2)c1.O=CO.O=CO. The standard InChI is InChI=1S/C24H34FN3O.2CH2O2/c1-19-14-22(17-27-10-8-26(3)9-11-27)20(2)23(15-19)18-28(12-13-29)16-21-4-6-24(25)7-5-21;2*2-1-3/h4-7,14-15,29H,8-13,16-18H2,1-3H3;2*1H,(H,2,3). The van der Waals surface area contributed by atoms with E-state index in [1.807, 2.05) is 12.1 Å². The summed E-state index contributed by atoms with van der Waals surface area (Å²) in [6, 6.07) is 11.2. The van der Waals surface area contributed by atoms with Gasteiger partial charge in [0.15, 0.2) is 0 Å². The Morgan fingerprint density at radius 2 is 1.49 bits per heavy atom. The first-order valence-electron chi connectivity index (χ1n) is 11.5. The van der Waals surface area contributed by atoms with Crippen LogP contribution in [-0.4, -0.2) is 89.3 Å². The minimum atomic E-state index is -0.250. The maximum Gasteiger partial charge on any atom is 0.290 e. The van der Waals surface area contributed by atoms with E-state index in [2.05, 4.69) is 47.7 Å². The first-order chi connectivity index (χ1) is 16.8. The van der Waals surface area contributed by atoms with Crippen molar-refractivity contribution >= 4 is 12.9 Å². The van der Waals surface area contributed by atoms with Crippen LogP contribution in [0.1, 0.15) is 27.8 Å². The fourth-order valence-corrected chi connectivity index (χ4v) is 4.03. The van der Waals surface area contributed by atoms with Crippen LogP contribution in [-0.2, 0) is 29.2 Å². The van der Waals surface area contributed by atoms with Crippen LogP contribution in [0.4, 0.5) is 4.39 Å². The molecule has 0 radical (unpaired) electrons. The number of likely N-dealkylation sites (N-methyl/N-ethyl adjacent to an activating group) is 1. The lowest BCUT2D eigenvalue weighted by Crippen LogP contribution is -2.44. The van der Waals surface area contributed by atoms with Gasteiger partial charge in [-0.05, 0) is 55.3 Å². The molecule has 3 N–H and O–H groups in total. The summed E-state index contributed by atoms with van der Waals surface area (Å²) in [4.78, 5) is 23.9. The Bertz CT molecular complexity index is 881. The van der Waals surface area contributed by atoms with Crippen LogP contribution in [0.5, 0.6) is 0 Å². The molecule has 0 aliphatic carbocycles. The maximum atomic E-state index is 13.2. The van der Waals surface area contributed by atoms with Crippen LogP contribution < -0.4 is 0 Å². The molecule has 2 aromatic carbocycles. The molecule has 8 nitrogen and oxygen atoms in total. The second kappa shape index (κ2) is 16.7. The third-order valence-corrected chi connectivity index (χ3v) is 5.89. The number of hydrogen-bond donors (Lipinski definition) is 3. The van der Waals surface area contributed by atoms with E-state index in [9.17, 15) is 9.50 Å². The van der Waals surface area contributed by atoms with Crippen molar-refractivity contribution in [3.05, 3.63) is 70.0 Å². The third-order valence-electron chi connectivity index (χ3n) is 5.89. The predicted octanol–water partition coefficient (Wildman–Crippen LogP) is 2.59. The molecule has 0 aromatic heterocycles. The fourth-order valence-electron chi connectivity index (χ4n) is 4.03. The van der Waals surface area contributed by atoms with Crippen molar-refractivity contribution in [1.29, 1.82) is 0 Å². The van der Waals surface area contributed by atoms with Crippen LogP contribution in [0.3, 0.4) is 0 Å². The normalized spacial score (nSPS) is 13.9. The van der Waals surface area contributed by atoms with E-state index in [0.717, 1.165) is 44.8 Å². The van der Waals surface area contributed by atoms with Crippen molar-refractivity contribution in [2.45, 2.75) is 33.5 Å². The number of aliphatic hydroxyl groups is 1. The van der Waals surface area contributed by atoms with Crippen LogP contribution in [0.2, 0.25) is 0 Å². The zero-order chi connectivity index (χ0) is 26.2.